The molecule has 13 heteroatoms. The zero-order chi connectivity index (χ0) is 26.1. The number of aromatic nitrogens is 1. The number of ether oxygens (including phenoxy) is 1. The standard InChI is InChI=1S/C23H15Cl2F2N3O6/c1-9(31)19(32)22(34)29-10-2-4-15-12(6-10)17-11(3-5-16(20(17)35-15)36-23(26)27)21(33)30-18-13(24)7-28-8-14(18)25/h2-9,23,31H,1H3,(H,29,34)(H,28,30,33). The fraction of sp³-hybridized carbons (Fsp3) is 0.130. The van der Waals surface area contributed by atoms with E-state index in [9.17, 15) is 28.3 Å². The number of hydrogen-bond acceptors (Lipinski definition) is 7. The number of hydrogen-bond donors (Lipinski definition) is 3. The Morgan fingerprint density at radius 3 is 2.42 bits per heavy atom. The van der Waals surface area contributed by atoms with Gasteiger partial charge in [-0.2, -0.15) is 8.78 Å². The first-order valence-corrected chi connectivity index (χ1v) is 10.9. The highest BCUT2D eigenvalue weighted by Gasteiger charge is 2.24. The summed E-state index contributed by atoms with van der Waals surface area (Å²) in [5, 5.41) is 14.7. The Labute approximate surface area is 210 Å². The molecule has 1 unspecified atom stereocenters. The first-order chi connectivity index (χ1) is 17.1. The van der Waals surface area contributed by atoms with Gasteiger partial charge in [0.05, 0.1) is 21.3 Å². The largest absolute Gasteiger partial charge is 0.452 e. The molecule has 2 aromatic heterocycles. The lowest BCUT2D eigenvalue weighted by molar-refractivity contribution is -0.139. The van der Waals surface area contributed by atoms with Crippen molar-refractivity contribution in [2.75, 3.05) is 10.6 Å². The molecule has 2 aromatic carbocycles. The number of halogens is 4. The number of pyridine rings is 1. The minimum atomic E-state index is -3.17. The normalized spacial score (nSPS) is 12.1. The van der Waals surface area contributed by atoms with E-state index in [4.69, 9.17) is 27.6 Å². The summed E-state index contributed by atoms with van der Waals surface area (Å²) in [6.07, 6.45) is 1.03. The van der Waals surface area contributed by atoms with Gasteiger partial charge in [-0.15, -0.1) is 0 Å². The number of aliphatic hydroxyl groups is 1. The van der Waals surface area contributed by atoms with Crippen molar-refractivity contribution < 1.29 is 37.4 Å². The Morgan fingerprint density at radius 1 is 1.08 bits per heavy atom. The maximum atomic E-state index is 13.2. The van der Waals surface area contributed by atoms with E-state index in [2.05, 4.69) is 20.4 Å². The van der Waals surface area contributed by atoms with Crippen molar-refractivity contribution in [2.45, 2.75) is 19.6 Å². The van der Waals surface area contributed by atoms with Crippen molar-refractivity contribution >= 4 is 74.1 Å². The van der Waals surface area contributed by atoms with E-state index in [1.54, 1.807) is 0 Å². The SMILES string of the molecule is CC(O)C(=O)C(=O)Nc1ccc2oc3c(OC(F)F)ccc(C(=O)Nc4c(Cl)cncc4Cl)c3c2c1. The number of fused-ring (bicyclic) bond motifs is 3. The Kier molecular flexibility index (Phi) is 7.07. The number of nitrogens with zero attached hydrogens (tertiary/aromatic N) is 1. The van der Waals surface area contributed by atoms with Crippen LogP contribution in [0.15, 0.2) is 47.1 Å². The maximum absolute atomic E-state index is 13.2. The summed E-state index contributed by atoms with van der Waals surface area (Å²) in [5.74, 6) is -3.17. The highest BCUT2D eigenvalue weighted by Crippen LogP contribution is 2.39. The van der Waals surface area contributed by atoms with Crippen LogP contribution in [0.3, 0.4) is 0 Å². The van der Waals surface area contributed by atoms with Crippen LogP contribution in [0, 0.1) is 0 Å². The summed E-state index contributed by atoms with van der Waals surface area (Å²) in [5.41, 5.74) is 0.197. The minimum absolute atomic E-state index is 0.0159. The zero-order valence-electron chi connectivity index (χ0n) is 18.1. The van der Waals surface area contributed by atoms with E-state index < -0.39 is 30.3 Å². The van der Waals surface area contributed by atoms with Gasteiger partial charge in [-0.05, 0) is 37.3 Å². The van der Waals surface area contributed by atoms with Crippen LogP contribution in [0.1, 0.15) is 17.3 Å². The molecule has 0 aliphatic heterocycles. The number of carbonyl (C=O) groups excluding carboxylic acids is 3. The molecule has 0 fully saturated rings. The molecule has 186 valence electrons. The summed E-state index contributed by atoms with van der Waals surface area (Å²) in [6, 6.07) is 6.56. The van der Waals surface area contributed by atoms with Gasteiger partial charge in [0.25, 0.3) is 11.8 Å². The van der Waals surface area contributed by atoms with Crippen LogP contribution in [0.4, 0.5) is 20.2 Å². The average molecular weight is 538 g/mol. The molecular weight excluding hydrogens is 523 g/mol. The number of alkyl halides is 2. The van der Waals surface area contributed by atoms with Gasteiger partial charge in [-0.3, -0.25) is 19.4 Å². The lowest BCUT2D eigenvalue weighted by Crippen LogP contribution is -2.31. The first kappa shape index (κ1) is 25.3. The molecule has 0 bridgehead atoms. The maximum Gasteiger partial charge on any atom is 0.387 e. The van der Waals surface area contributed by atoms with Crippen molar-refractivity contribution in [3.05, 3.63) is 58.3 Å². The van der Waals surface area contributed by atoms with Crippen molar-refractivity contribution in [2.24, 2.45) is 0 Å². The molecule has 4 rings (SSSR count). The average Bonchev–Trinajstić information content (AvgIpc) is 3.20. The lowest BCUT2D eigenvalue weighted by atomic mass is 10.0. The highest BCUT2D eigenvalue weighted by atomic mass is 35.5. The van der Waals surface area contributed by atoms with E-state index >= 15 is 0 Å². The number of carbonyl (C=O) groups is 3. The second-order valence-electron chi connectivity index (χ2n) is 7.43. The highest BCUT2D eigenvalue weighted by molar-refractivity contribution is 6.42. The monoisotopic (exact) mass is 537 g/mol. The van der Waals surface area contributed by atoms with Gasteiger partial charge >= 0.3 is 6.61 Å². The molecule has 9 nitrogen and oxygen atoms in total. The summed E-state index contributed by atoms with van der Waals surface area (Å²) in [6.45, 7) is -2.03. The number of furan rings is 1. The molecule has 0 aliphatic rings. The van der Waals surface area contributed by atoms with E-state index in [0.717, 1.165) is 13.0 Å². The summed E-state index contributed by atoms with van der Waals surface area (Å²) in [4.78, 5) is 40.8. The molecule has 4 aromatic rings. The molecule has 0 saturated heterocycles. The second-order valence-corrected chi connectivity index (χ2v) is 8.25. The number of aliphatic hydroxyl groups excluding tert-OH is 1. The predicted octanol–water partition coefficient (Wildman–Crippen LogP) is 5.03. The van der Waals surface area contributed by atoms with Crippen molar-refractivity contribution in [3.8, 4) is 5.75 Å². The fourth-order valence-corrected chi connectivity index (χ4v) is 3.87. The Balaban J connectivity index is 1.85. The lowest BCUT2D eigenvalue weighted by Gasteiger charge is -2.11. The zero-order valence-corrected chi connectivity index (χ0v) is 19.7. The van der Waals surface area contributed by atoms with Crippen LogP contribution >= 0.6 is 23.2 Å². The van der Waals surface area contributed by atoms with Gasteiger partial charge in [0.1, 0.15) is 11.7 Å². The molecule has 2 heterocycles. The number of benzene rings is 2. The fourth-order valence-electron chi connectivity index (χ4n) is 3.41. The molecule has 0 saturated carbocycles. The molecule has 1 atom stereocenters. The van der Waals surface area contributed by atoms with Crippen molar-refractivity contribution in [1.29, 1.82) is 0 Å². The van der Waals surface area contributed by atoms with Gasteiger partial charge in [0.15, 0.2) is 11.3 Å². The Hall–Kier alpha value is -3.80. The van der Waals surface area contributed by atoms with Gasteiger partial charge < -0.3 is 24.9 Å². The second kappa shape index (κ2) is 10.1. The van der Waals surface area contributed by atoms with Crippen LogP contribution in [-0.2, 0) is 9.59 Å². The van der Waals surface area contributed by atoms with Crippen LogP contribution in [0.5, 0.6) is 5.75 Å². The van der Waals surface area contributed by atoms with Gasteiger partial charge in [0, 0.05) is 28.9 Å². The quantitative estimate of drug-likeness (QED) is 0.282. The smallest absolute Gasteiger partial charge is 0.387 e. The van der Waals surface area contributed by atoms with Gasteiger partial charge in [-0.25, -0.2) is 0 Å². The molecular formula is C23H15Cl2F2N3O6. The van der Waals surface area contributed by atoms with E-state index in [1.165, 1.54) is 36.7 Å². The molecule has 0 radical (unpaired) electrons. The van der Waals surface area contributed by atoms with Crippen molar-refractivity contribution in [1.82, 2.24) is 4.98 Å². The van der Waals surface area contributed by atoms with E-state index in [0.29, 0.717) is 0 Å². The molecule has 3 N–H and O–H groups in total. The Bertz CT molecular complexity index is 1500. The topological polar surface area (TPSA) is 131 Å². The van der Waals surface area contributed by atoms with Crippen LogP contribution < -0.4 is 15.4 Å². The molecule has 0 spiro atoms. The first-order valence-electron chi connectivity index (χ1n) is 10.1. The van der Waals surface area contributed by atoms with Crippen LogP contribution in [-0.4, -0.2) is 40.4 Å². The molecule has 0 aliphatic carbocycles. The van der Waals surface area contributed by atoms with Gasteiger partial charge in [-0.1, -0.05) is 23.2 Å². The number of anilines is 2. The predicted molar refractivity (Wildman–Crippen MR) is 128 cm³/mol. The number of rotatable bonds is 7. The number of ketones is 1. The summed E-state index contributed by atoms with van der Waals surface area (Å²) in [7, 11) is 0. The summed E-state index contributed by atoms with van der Waals surface area (Å²) >= 11 is 12.2. The number of amides is 2. The van der Waals surface area contributed by atoms with Crippen LogP contribution in [0.2, 0.25) is 10.0 Å². The van der Waals surface area contributed by atoms with E-state index in [-0.39, 0.29) is 54.7 Å². The van der Waals surface area contributed by atoms with Gasteiger partial charge in [0.2, 0.25) is 5.78 Å². The van der Waals surface area contributed by atoms with Crippen LogP contribution in [0.25, 0.3) is 21.9 Å². The number of Topliss-reactive ketones (excluding diaryl/α,β-unsaturated/α-hetero) is 1. The summed E-state index contributed by atoms with van der Waals surface area (Å²) < 4.78 is 36.3. The third-order valence-corrected chi connectivity index (χ3v) is 5.57. The molecule has 36 heavy (non-hydrogen) atoms. The minimum Gasteiger partial charge on any atom is -0.452 e. The Morgan fingerprint density at radius 2 is 1.78 bits per heavy atom. The third-order valence-electron chi connectivity index (χ3n) is 5.00. The van der Waals surface area contributed by atoms with E-state index in [1.807, 2.05) is 0 Å². The third kappa shape index (κ3) is 4.94. The van der Waals surface area contributed by atoms with Crippen molar-refractivity contribution in [3.63, 3.8) is 0 Å². The molecule has 2 amide bonds. The number of nitrogens with one attached hydrogen (secondary N) is 2.